The molecule has 0 aromatic carbocycles. The molecule has 19 heavy (non-hydrogen) atoms. The van der Waals surface area contributed by atoms with E-state index in [1.54, 1.807) is 7.11 Å². The molecule has 0 spiro atoms. The average molecular weight is 273 g/mol. The molecule has 3 unspecified atom stereocenters. The van der Waals surface area contributed by atoms with Crippen LogP contribution in [-0.4, -0.2) is 52.2 Å². The van der Waals surface area contributed by atoms with Crippen LogP contribution in [0.1, 0.15) is 40.0 Å². The Bertz CT molecular complexity index is 237. The smallest absolute Gasteiger partial charge is 0.0704 e. The van der Waals surface area contributed by atoms with E-state index < -0.39 is 0 Å². The molecule has 4 nitrogen and oxygen atoms in total. The number of hydrogen-bond donors (Lipinski definition) is 1. The molecule has 1 aliphatic carbocycles. The molecule has 114 valence electrons. The van der Waals surface area contributed by atoms with Crippen molar-refractivity contribution in [3.63, 3.8) is 0 Å². The molecule has 4 heteroatoms. The lowest BCUT2D eigenvalue weighted by Gasteiger charge is -2.54. The normalized spacial score (nSPS) is 30.3. The molecule has 1 aliphatic rings. The van der Waals surface area contributed by atoms with Crippen LogP contribution in [0.15, 0.2) is 0 Å². The van der Waals surface area contributed by atoms with Crippen molar-refractivity contribution in [3.05, 3.63) is 0 Å². The van der Waals surface area contributed by atoms with Gasteiger partial charge in [0, 0.05) is 18.6 Å². The Hall–Kier alpha value is -0.160. The number of nitrogens with one attached hydrogen (secondary N) is 1. The summed E-state index contributed by atoms with van der Waals surface area (Å²) in [6.07, 6.45) is 3.85. The van der Waals surface area contributed by atoms with Gasteiger partial charge in [-0.05, 0) is 25.8 Å². The second-order valence-corrected chi connectivity index (χ2v) is 5.57. The standard InChI is InChI=1S/C15H31NO3/c1-5-7-16-13-12-14(15(13,3)6-2)19-11-10-18-9-8-17-4/h13-14,16H,5-12H2,1-4H3. The van der Waals surface area contributed by atoms with E-state index in [0.717, 1.165) is 19.4 Å². The fourth-order valence-electron chi connectivity index (χ4n) is 2.68. The van der Waals surface area contributed by atoms with Crippen LogP contribution in [0, 0.1) is 5.41 Å². The third kappa shape index (κ3) is 4.71. The zero-order valence-corrected chi connectivity index (χ0v) is 13.0. The van der Waals surface area contributed by atoms with E-state index in [0.29, 0.717) is 38.6 Å². The Morgan fingerprint density at radius 2 is 1.89 bits per heavy atom. The van der Waals surface area contributed by atoms with E-state index in [2.05, 4.69) is 26.1 Å². The Kier molecular flexibility index (Phi) is 7.91. The molecule has 1 rings (SSSR count). The lowest BCUT2D eigenvalue weighted by molar-refractivity contribution is -0.138. The first-order valence-electron chi connectivity index (χ1n) is 7.60. The first-order valence-corrected chi connectivity index (χ1v) is 7.60. The van der Waals surface area contributed by atoms with Crippen molar-refractivity contribution in [2.45, 2.75) is 52.2 Å². The van der Waals surface area contributed by atoms with Gasteiger partial charge >= 0.3 is 0 Å². The zero-order valence-electron chi connectivity index (χ0n) is 13.0. The van der Waals surface area contributed by atoms with Crippen LogP contribution in [-0.2, 0) is 14.2 Å². The maximum Gasteiger partial charge on any atom is 0.0704 e. The summed E-state index contributed by atoms with van der Waals surface area (Å²) in [4.78, 5) is 0. The van der Waals surface area contributed by atoms with Crippen molar-refractivity contribution in [3.8, 4) is 0 Å². The summed E-state index contributed by atoms with van der Waals surface area (Å²) >= 11 is 0. The van der Waals surface area contributed by atoms with Gasteiger partial charge in [-0.2, -0.15) is 0 Å². The predicted octanol–water partition coefficient (Wildman–Crippen LogP) is 2.22. The molecule has 0 aliphatic heterocycles. The van der Waals surface area contributed by atoms with Crippen LogP contribution < -0.4 is 5.32 Å². The second-order valence-electron chi connectivity index (χ2n) is 5.57. The van der Waals surface area contributed by atoms with Crippen LogP contribution in [0.5, 0.6) is 0 Å². The van der Waals surface area contributed by atoms with Crippen LogP contribution in [0.3, 0.4) is 0 Å². The lowest BCUT2D eigenvalue weighted by Crippen LogP contribution is -2.62. The van der Waals surface area contributed by atoms with E-state index in [-0.39, 0.29) is 5.41 Å². The summed E-state index contributed by atoms with van der Waals surface area (Å²) in [5, 5.41) is 3.63. The molecule has 0 bridgehead atoms. The van der Waals surface area contributed by atoms with E-state index in [9.17, 15) is 0 Å². The van der Waals surface area contributed by atoms with Gasteiger partial charge in [0.2, 0.25) is 0 Å². The molecule has 0 saturated heterocycles. The van der Waals surface area contributed by atoms with Crippen molar-refractivity contribution in [2.75, 3.05) is 40.1 Å². The van der Waals surface area contributed by atoms with E-state index in [1.165, 1.54) is 6.42 Å². The number of rotatable bonds is 11. The minimum Gasteiger partial charge on any atom is -0.382 e. The molecule has 1 fully saturated rings. The fourth-order valence-corrected chi connectivity index (χ4v) is 2.68. The molecule has 0 radical (unpaired) electrons. The Morgan fingerprint density at radius 1 is 1.16 bits per heavy atom. The van der Waals surface area contributed by atoms with Crippen LogP contribution in [0.25, 0.3) is 0 Å². The van der Waals surface area contributed by atoms with Gasteiger partial charge in [0.15, 0.2) is 0 Å². The van der Waals surface area contributed by atoms with Crippen LogP contribution in [0.4, 0.5) is 0 Å². The highest BCUT2D eigenvalue weighted by Gasteiger charge is 2.50. The molecule has 0 amide bonds. The maximum atomic E-state index is 5.97. The Labute approximate surface area is 118 Å². The first kappa shape index (κ1) is 16.9. The monoisotopic (exact) mass is 273 g/mol. The molecule has 0 aromatic rings. The fraction of sp³-hybridized carbons (Fsp3) is 1.00. The molecular formula is C15H31NO3. The Balaban J connectivity index is 2.17. The third-order valence-electron chi connectivity index (χ3n) is 4.36. The van der Waals surface area contributed by atoms with Gasteiger partial charge < -0.3 is 19.5 Å². The summed E-state index contributed by atoms with van der Waals surface area (Å²) < 4.78 is 16.3. The molecule has 0 heterocycles. The number of hydrogen-bond acceptors (Lipinski definition) is 4. The number of methoxy groups -OCH3 is 1. The maximum absolute atomic E-state index is 5.97. The largest absolute Gasteiger partial charge is 0.382 e. The molecular weight excluding hydrogens is 242 g/mol. The zero-order chi connectivity index (χ0) is 14.1. The SMILES string of the molecule is CCCNC1CC(OCCOCCOC)C1(C)CC. The van der Waals surface area contributed by atoms with Gasteiger partial charge in [-0.25, -0.2) is 0 Å². The van der Waals surface area contributed by atoms with E-state index in [1.807, 2.05) is 0 Å². The van der Waals surface area contributed by atoms with Gasteiger partial charge in [-0.1, -0.05) is 20.8 Å². The summed E-state index contributed by atoms with van der Waals surface area (Å²) in [5.41, 5.74) is 0.279. The average Bonchev–Trinajstić information content (AvgIpc) is 2.43. The van der Waals surface area contributed by atoms with Crippen molar-refractivity contribution >= 4 is 0 Å². The summed E-state index contributed by atoms with van der Waals surface area (Å²) in [5.74, 6) is 0. The second kappa shape index (κ2) is 8.90. The quantitative estimate of drug-likeness (QED) is 0.586. The van der Waals surface area contributed by atoms with Crippen LogP contribution >= 0.6 is 0 Å². The Morgan fingerprint density at radius 3 is 2.53 bits per heavy atom. The first-order chi connectivity index (χ1) is 9.19. The topological polar surface area (TPSA) is 39.7 Å². The highest BCUT2D eigenvalue weighted by molar-refractivity contribution is 5.04. The van der Waals surface area contributed by atoms with Crippen LogP contribution in [0.2, 0.25) is 0 Å². The highest BCUT2D eigenvalue weighted by Crippen LogP contribution is 2.45. The number of ether oxygens (including phenoxy) is 3. The minimum absolute atomic E-state index is 0.279. The predicted molar refractivity (Wildman–Crippen MR) is 77.5 cm³/mol. The molecule has 0 aromatic heterocycles. The van der Waals surface area contributed by atoms with Gasteiger partial charge in [-0.15, -0.1) is 0 Å². The van der Waals surface area contributed by atoms with Gasteiger partial charge in [0.05, 0.1) is 32.5 Å². The lowest BCUT2D eigenvalue weighted by atomic mass is 9.61. The summed E-state index contributed by atoms with van der Waals surface area (Å²) in [7, 11) is 1.68. The van der Waals surface area contributed by atoms with Crippen molar-refractivity contribution in [1.82, 2.24) is 5.32 Å². The van der Waals surface area contributed by atoms with Crippen molar-refractivity contribution < 1.29 is 14.2 Å². The van der Waals surface area contributed by atoms with Crippen molar-refractivity contribution in [2.24, 2.45) is 5.41 Å². The van der Waals surface area contributed by atoms with E-state index in [4.69, 9.17) is 14.2 Å². The highest BCUT2D eigenvalue weighted by atomic mass is 16.5. The van der Waals surface area contributed by atoms with E-state index >= 15 is 0 Å². The van der Waals surface area contributed by atoms with Gasteiger partial charge in [0.1, 0.15) is 0 Å². The third-order valence-corrected chi connectivity index (χ3v) is 4.36. The van der Waals surface area contributed by atoms with Gasteiger partial charge in [-0.3, -0.25) is 0 Å². The van der Waals surface area contributed by atoms with Crippen molar-refractivity contribution in [1.29, 1.82) is 0 Å². The molecule has 3 atom stereocenters. The molecule has 1 saturated carbocycles. The summed E-state index contributed by atoms with van der Waals surface area (Å²) in [6, 6.07) is 0.608. The molecule has 1 N–H and O–H groups in total. The minimum atomic E-state index is 0.279. The summed E-state index contributed by atoms with van der Waals surface area (Å²) in [6.45, 7) is 10.5. The van der Waals surface area contributed by atoms with Gasteiger partial charge in [0.25, 0.3) is 0 Å².